The summed E-state index contributed by atoms with van der Waals surface area (Å²) in [5, 5.41) is 11.7. The summed E-state index contributed by atoms with van der Waals surface area (Å²) >= 11 is 3.48. The van der Waals surface area contributed by atoms with Crippen LogP contribution in [-0.2, 0) is 0 Å². The molecule has 3 aromatic rings. The Kier molecular flexibility index (Phi) is 3.61. The van der Waals surface area contributed by atoms with Gasteiger partial charge in [0.15, 0.2) is 0 Å². The number of anilines is 1. The molecule has 4 nitrogen and oxygen atoms in total. The minimum absolute atomic E-state index is 0.323. The van der Waals surface area contributed by atoms with Crippen molar-refractivity contribution in [1.82, 2.24) is 9.97 Å². The molecule has 106 valence electrons. The zero-order valence-electron chi connectivity index (χ0n) is 11.4. The van der Waals surface area contributed by atoms with Crippen LogP contribution in [0.5, 0.6) is 0 Å². The Morgan fingerprint density at radius 2 is 2.00 bits per heavy atom. The van der Waals surface area contributed by atoms with Crippen molar-refractivity contribution in [2.75, 3.05) is 5.73 Å². The van der Waals surface area contributed by atoms with E-state index in [1.54, 1.807) is 6.20 Å². The van der Waals surface area contributed by atoms with Crippen LogP contribution in [0.4, 0.5) is 5.82 Å². The monoisotopic (exact) mass is 343 g/mol. The first-order chi connectivity index (χ1) is 10.1. The van der Waals surface area contributed by atoms with E-state index in [0.29, 0.717) is 17.1 Å². The van der Waals surface area contributed by atoms with Crippen LogP contribution in [0.2, 0.25) is 0 Å². The number of nitrogens with zero attached hydrogens (tertiary/aromatic N) is 2. The van der Waals surface area contributed by atoms with E-state index in [1.807, 2.05) is 43.3 Å². The zero-order chi connectivity index (χ0) is 15.0. The standard InChI is InChI=1S/C16H14BrN3O/c1-9-6-7-19-16(18)13(9)15(21)14-11(17)8-10-4-2-3-5-12(10)20-14/h2-8,15,21H,1H3,(H2,18,19). The summed E-state index contributed by atoms with van der Waals surface area (Å²) in [5.74, 6) is 0.323. The smallest absolute Gasteiger partial charge is 0.129 e. The number of nitrogens with two attached hydrogens (primary N) is 1. The molecule has 0 aliphatic carbocycles. The number of pyridine rings is 2. The number of fused-ring (bicyclic) bond motifs is 1. The van der Waals surface area contributed by atoms with Gasteiger partial charge in [-0.2, -0.15) is 0 Å². The first kappa shape index (κ1) is 14.0. The van der Waals surface area contributed by atoms with Gasteiger partial charge in [0.1, 0.15) is 11.9 Å². The van der Waals surface area contributed by atoms with E-state index >= 15 is 0 Å². The number of rotatable bonds is 2. The highest BCUT2D eigenvalue weighted by Crippen LogP contribution is 2.33. The predicted molar refractivity (Wildman–Crippen MR) is 86.9 cm³/mol. The third-order valence-electron chi connectivity index (χ3n) is 3.48. The first-order valence-electron chi connectivity index (χ1n) is 6.52. The molecule has 0 radical (unpaired) electrons. The molecule has 1 atom stereocenters. The van der Waals surface area contributed by atoms with Gasteiger partial charge in [-0.05, 0) is 46.6 Å². The molecule has 3 rings (SSSR count). The number of hydrogen-bond acceptors (Lipinski definition) is 4. The van der Waals surface area contributed by atoms with E-state index in [0.717, 1.165) is 20.9 Å². The van der Waals surface area contributed by atoms with Crippen molar-refractivity contribution in [3.63, 3.8) is 0 Å². The molecule has 21 heavy (non-hydrogen) atoms. The van der Waals surface area contributed by atoms with E-state index in [-0.39, 0.29) is 0 Å². The van der Waals surface area contributed by atoms with Crippen LogP contribution in [0.15, 0.2) is 47.1 Å². The minimum Gasteiger partial charge on any atom is -0.383 e. The Morgan fingerprint density at radius 3 is 2.76 bits per heavy atom. The lowest BCUT2D eigenvalue weighted by Gasteiger charge is -2.16. The average molecular weight is 344 g/mol. The van der Waals surface area contributed by atoms with Gasteiger partial charge in [0.2, 0.25) is 0 Å². The van der Waals surface area contributed by atoms with Crippen molar-refractivity contribution in [3.05, 3.63) is 63.9 Å². The van der Waals surface area contributed by atoms with Crippen molar-refractivity contribution in [1.29, 1.82) is 0 Å². The van der Waals surface area contributed by atoms with Gasteiger partial charge in [0.25, 0.3) is 0 Å². The van der Waals surface area contributed by atoms with Crippen LogP contribution < -0.4 is 5.73 Å². The fourth-order valence-electron chi connectivity index (χ4n) is 2.38. The Morgan fingerprint density at radius 1 is 1.24 bits per heavy atom. The SMILES string of the molecule is Cc1ccnc(N)c1C(O)c1nc2ccccc2cc1Br. The maximum atomic E-state index is 10.7. The molecule has 5 heteroatoms. The molecule has 0 amide bonds. The maximum absolute atomic E-state index is 10.7. The lowest BCUT2D eigenvalue weighted by Crippen LogP contribution is -2.10. The Balaban J connectivity index is 2.17. The average Bonchev–Trinajstić information content (AvgIpc) is 2.46. The number of aromatic nitrogens is 2. The van der Waals surface area contributed by atoms with Crippen LogP contribution in [-0.4, -0.2) is 15.1 Å². The third kappa shape index (κ3) is 2.50. The van der Waals surface area contributed by atoms with Crippen LogP contribution >= 0.6 is 15.9 Å². The van der Waals surface area contributed by atoms with Gasteiger partial charge in [-0.15, -0.1) is 0 Å². The molecule has 0 spiro atoms. The van der Waals surface area contributed by atoms with Crippen molar-refractivity contribution in [3.8, 4) is 0 Å². The number of benzene rings is 1. The zero-order valence-corrected chi connectivity index (χ0v) is 13.0. The summed E-state index contributed by atoms with van der Waals surface area (Å²) in [5.41, 5.74) is 8.76. The van der Waals surface area contributed by atoms with E-state index in [2.05, 4.69) is 25.9 Å². The lowest BCUT2D eigenvalue weighted by atomic mass is 10.0. The number of halogens is 1. The predicted octanol–water partition coefficient (Wildman–Crippen LogP) is 3.36. The third-order valence-corrected chi connectivity index (χ3v) is 4.11. The second-order valence-corrected chi connectivity index (χ2v) is 5.73. The molecular formula is C16H14BrN3O. The van der Waals surface area contributed by atoms with Gasteiger partial charge < -0.3 is 10.8 Å². The number of hydrogen-bond donors (Lipinski definition) is 2. The van der Waals surface area contributed by atoms with Crippen molar-refractivity contribution in [2.24, 2.45) is 0 Å². The molecule has 0 fully saturated rings. The highest BCUT2D eigenvalue weighted by Gasteiger charge is 2.21. The lowest BCUT2D eigenvalue weighted by molar-refractivity contribution is 0.214. The van der Waals surface area contributed by atoms with Crippen molar-refractivity contribution >= 4 is 32.7 Å². The summed E-state index contributed by atoms with van der Waals surface area (Å²) in [6, 6.07) is 11.5. The summed E-state index contributed by atoms with van der Waals surface area (Å²) < 4.78 is 0.747. The molecule has 0 aliphatic rings. The molecule has 0 saturated carbocycles. The summed E-state index contributed by atoms with van der Waals surface area (Å²) in [6.45, 7) is 1.89. The second kappa shape index (κ2) is 5.42. The van der Waals surface area contributed by atoms with Crippen molar-refractivity contribution < 1.29 is 5.11 Å². The van der Waals surface area contributed by atoms with Gasteiger partial charge >= 0.3 is 0 Å². The normalized spacial score (nSPS) is 12.5. The second-order valence-electron chi connectivity index (χ2n) is 4.88. The molecule has 3 N–H and O–H groups in total. The Hall–Kier alpha value is -1.98. The summed E-state index contributed by atoms with van der Waals surface area (Å²) in [4.78, 5) is 8.61. The summed E-state index contributed by atoms with van der Waals surface area (Å²) in [7, 11) is 0. The number of nitrogen functional groups attached to an aromatic ring is 1. The first-order valence-corrected chi connectivity index (χ1v) is 7.31. The van der Waals surface area contributed by atoms with E-state index in [4.69, 9.17) is 5.73 Å². The maximum Gasteiger partial charge on any atom is 0.129 e. The highest BCUT2D eigenvalue weighted by molar-refractivity contribution is 9.10. The van der Waals surface area contributed by atoms with Crippen LogP contribution in [0.3, 0.4) is 0 Å². The molecule has 0 aliphatic heterocycles. The number of para-hydroxylation sites is 1. The number of aryl methyl sites for hydroxylation is 1. The topological polar surface area (TPSA) is 72.0 Å². The molecule has 0 bridgehead atoms. The minimum atomic E-state index is -0.919. The van der Waals surface area contributed by atoms with Crippen molar-refractivity contribution in [2.45, 2.75) is 13.0 Å². The van der Waals surface area contributed by atoms with E-state index < -0.39 is 6.10 Å². The van der Waals surface area contributed by atoms with Crippen LogP contribution in [0, 0.1) is 6.92 Å². The van der Waals surface area contributed by atoms with Gasteiger partial charge in [-0.3, -0.25) is 0 Å². The molecule has 1 unspecified atom stereocenters. The molecular weight excluding hydrogens is 330 g/mol. The van der Waals surface area contributed by atoms with Gasteiger partial charge in [0.05, 0.1) is 11.2 Å². The molecule has 2 aromatic heterocycles. The van der Waals surface area contributed by atoms with Gasteiger partial charge in [-0.25, -0.2) is 9.97 Å². The molecule has 1 aromatic carbocycles. The van der Waals surface area contributed by atoms with Gasteiger partial charge in [-0.1, -0.05) is 18.2 Å². The number of aliphatic hydroxyl groups excluding tert-OH is 1. The summed E-state index contributed by atoms with van der Waals surface area (Å²) in [6.07, 6.45) is 0.710. The fourth-order valence-corrected chi connectivity index (χ4v) is 2.93. The van der Waals surface area contributed by atoms with E-state index in [1.165, 1.54) is 0 Å². The quantitative estimate of drug-likeness (QED) is 0.748. The van der Waals surface area contributed by atoms with E-state index in [9.17, 15) is 5.11 Å². The van der Waals surface area contributed by atoms with Crippen LogP contribution in [0.25, 0.3) is 10.9 Å². The molecule has 0 saturated heterocycles. The van der Waals surface area contributed by atoms with Crippen LogP contribution in [0.1, 0.15) is 22.9 Å². The molecule has 2 heterocycles. The largest absolute Gasteiger partial charge is 0.383 e. The van der Waals surface area contributed by atoms with Gasteiger partial charge in [0, 0.05) is 21.6 Å². The number of aliphatic hydroxyl groups is 1. The highest BCUT2D eigenvalue weighted by atomic mass is 79.9. The Labute approximate surface area is 130 Å². The fraction of sp³-hybridized carbons (Fsp3) is 0.125. The Bertz CT molecular complexity index is 799.